The Morgan fingerprint density at radius 3 is 2.82 bits per heavy atom. The van der Waals surface area contributed by atoms with Crippen LogP contribution in [-0.4, -0.2) is 32.9 Å². The average Bonchev–Trinajstić information content (AvgIpc) is 2.81. The number of nitrogens with zero attached hydrogens (tertiary/aromatic N) is 3. The van der Waals surface area contributed by atoms with E-state index in [1.807, 2.05) is 4.68 Å². The number of ketones is 1. The molecule has 2 rings (SSSR count). The molecule has 0 amide bonds. The maximum atomic E-state index is 11.8. The van der Waals surface area contributed by atoms with E-state index in [4.69, 9.17) is 4.74 Å². The number of hydrogen-bond donors (Lipinski definition) is 0. The van der Waals surface area contributed by atoms with Crippen LogP contribution in [0.3, 0.4) is 0 Å². The lowest BCUT2D eigenvalue weighted by atomic mass is 9.98. The summed E-state index contributed by atoms with van der Waals surface area (Å²) in [5.41, 5.74) is 2.28. The summed E-state index contributed by atoms with van der Waals surface area (Å²) < 4.78 is 7.51. The SMILES string of the molecule is CCCn1nnc2c1CCC(OC(=O)CCC(C)=O)CCC2. The molecule has 0 N–H and O–H groups in total. The van der Waals surface area contributed by atoms with Gasteiger partial charge in [0.15, 0.2) is 0 Å². The molecule has 0 spiro atoms. The molecule has 1 aromatic rings. The van der Waals surface area contributed by atoms with Crippen LogP contribution in [0.25, 0.3) is 0 Å². The number of ether oxygens (including phenoxy) is 1. The summed E-state index contributed by atoms with van der Waals surface area (Å²) in [7, 11) is 0. The van der Waals surface area contributed by atoms with Crippen LogP contribution in [0.15, 0.2) is 0 Å². The quantitative estimate of drug-likeness (QED) is 0.753. The van der Waals surface area contributed by atoms with Crippen molar-refractivity contribution in [1.82, 2.24) is 15.0 Å². The molecule has 1 aliphatic rings. The number of rotatable bonds is 6. The van der Waals surface area contributed by atoms with Crippen molar-refractivity contribution in [3.63, 3.8) is 0 Å². The first-order valence-electron chi connectivity index (χ1n) is 8.20. The molecule has 1 unspecified atom stereocenters. The van der Waals surface area contributed by atoms with Gasteiger partial charge in [-0.15, -0.1) is 5.10 Å². The third-order valence-corrected chi connectivity index (χ3v) is 3.98. The molecule has 22 heavy (non-hydrogen) atoms. The molecule has 0 saturated carbocycles. The average molecular weight is 307 g/mol. The Morgan fingerprint density at radius 1 is 1.27 bits per heavy atom. The second-order valence-corrected chi connectivity index (χ2v) is 5.95. The summed E-state index contributed by atoms with van der Waals surface area (Å²) in [5.74, 6) is -0.241. The van der Waals surface area contributed by atoms with Gasteiger partial charge in [-0.05, 0) is 45.4 Å². The van der Waals surface area contributed by atoms with Crippen LogP contribution in [0.2, 0.25) is 0 Å². The van der Waals surface area contributed by atoms with Crippen molar-refractivity contribution in [1.29, 1.82) is 0 Å². The Morgan fingerprint density at radius 2 is 2.09 bits per heavy atom. The Bertz CT molecular complexity index is 511. The molecule has 1 aliphatic carbocycles. The molecule has 6 nitrogen and oxygen atoms in total. The molecular formula is C16H25N3O3. The summed E-state index contributed by atoms with van der Waals surface area (Å²) in [6, 6.07) is 0. The van der Waals surface area contributed by atoms with Gasteiger partial charge in [0.2, 0.25) is 0 Å². The lowest BCUT2D eigenvalue weighted by Crippen LogP contribution is -2.22. The largest absolute Gasteiger partial charge is 0.462 e. The number of hydrogen-bond acceptors (Lipinski definition) is 5. The fourth-order valence-corrected chi connectivity index (χ4v) is 2.81. The minimum absolute atomic E-state index is 0.0220. The minimum atomic E-state index is -0.263. The van der Waals surface area contributed by atoms with Crippen LogP contribution < -0.4 is 0 Å². The van der Waals surface area contributed by atoms with E-state index >= 15 is 0 Å². The van der Waals surface area contributed by atoms with E-state index < -0.39 is 0 Å². The third-order valence-electron chi connectivity index (χ3n) is 3.98. The zero-order valence-electron chi connectivity index (χ0n) is 13.5. The van der Waals surface area contributed by atoms with Gasteiger partial charge < -0.3 is 9.53 Å². The number of Topliss-reactive ketones (excluding diaryl/α,β-unsaturated/α-hetero) is 1. The highest BCUT2D eigenvalue weighted by atomic mass is 16.5. The van der Waals surface area contributed by atoms with Gasteiger partial charge in [0.05, 0.1) is 17.8 Å². The van der Waals surface area contributed by atoms with Crippen molar-refractivity contribution in [2.75, 3.05) is 0 Å². The fraction of sp³-hybridized carbons (Fsp3) is 0.750. The van der Waals surface area contributed by atoms with Crippen LogP contribution in [0, 0.1) is 0 Å². The molecule has 0 saturated heterocycles. The smallest absolute Gasteiger partial charge is 0.306 e. The van der Waals surface area contributed by atoms with Gasteiger partial charge in [-0.1, -0.05) is 12.1 Å². The van der Waals surface area contributed by atoms with Crippen molar-refractivity contribution in [3.05, 3.63) is 11.4 Å². The van der Waals surface area contributed by atoms with E-state index in [1.54, 1.807) is 0 Å². The highest BCUT2D eigenvalue weighted by molar-refractivity contribution is 5.81. The van der Waals surface area contributed by atoms with Crippen LogP contribution in [-0.2, 0) is 33.7 Å². The predicted molar refractivity (Wildman–Crippen MR) is 81.4 cm³/mol. The molecule has 122 valence electrons. The van der Waals surface area contributed by atoms with Crippen molar-refractivity contribution < 1.29 is 14.3 Å². The van der Waals surface area contributed by atoms with Crippen molar-refractivity contribution >= 4 is 11.8 Å². The fourth-order valence-electron chi connectivity index (χ4n) is 2.81. The Hall–Kier alpha value is -1.72. The van der Waals surface area contributed by atoms with Gasteiger partial charge >= 0.3 is 5.97 Å². The van der Waals surface area contributed by atoms with E-state index in [9.17, 15) is 9.59 Å². The van der Waals surface area contributed by atoms with Crippen molar-refractivity contribution in [2.24, 2.45) is 0 Å². The van der Waals surface area contributed by atoms with Crippen LogP contribution in [0.5, 0.6) is 0 Å². The summed E-state index contributed by atoms with van der Waals surface area (Å²) in [5, 5.41) is 8.51. The molecule has 0 bridgehead atoms. The van der Waals surface area contributed by atoms with Gasteiger partial charge in [0, 0.05) is 13.0 Å². The molecule has 0 radical (unpaired) electrons. The lowest BCUT2D eigenvalue weighted by Gasteiger charge is -2.20. The van der Waals surface area contributed by atoms with Crippen LogP contribution >= 0.6 is 0 Å². The third kappa shape index (κ3) is 4.64. The normalized spacial score (nSPS) is 18.2. The van der Waals surface area contributed by atoms with Gasteiger partial charge in [-0.3, -0.25) is 4.79 Å². The molecule has 6 heteroatoms. The maximum Gasteiger partial charge on any atom is 0.306 e. The molecular weight excluding hydrogens is 282 g/mol. The number of carbonyl (C=O) groups excluding carboxylic acids is 2. The molecule has 0 fully saturated rings. The van der Waals surface area contributed by atoms with Gasteiger partial charge in [-0.25, -0.2) is 4.68 Å². The number of fused-ring (bicyclic) bond motifs is 1. The summed E-state index contributed by atoms with van der Waals surface area (Å²) in [6.45, 7) is 4.49. The Labute approximate surface area is 131 Å². The highest BCUT2D eigenvalue weighted by Crippen LogP contribution is 2.21. The maximum absolute atomic E-state index is 11.8. The molecule has 0 aromatic carbocycles. The summed E-state index contributed by atoms with van der Waals surface area (Å²) in [6.07, 6.45) is 5.75. The van der Waals surface area contributed by atoms with Gasteiger partial charge in [-0.2, -0.15) is 0 Å². The number of esters is 1. The standard InChI is InChI=1S/C16H25N3O3/c1-3-11-19-15-9-8-13(5-4-6-14(15)17-18-19)22-16(21)10-7-12(2)20/h13H,3-11H2,1-2H3. The van der Waals surface area contributed by atoms with E-state index in [-0.39, 0.29) is 30.7 Å². The van der Waals surface area contributed by atoms with Crippen molar-refractivity contribution in [3.8, 4) is 0 Å². The zero-order chi connectivity index (χ0) is 15.9. The number of aromatic nitrogens is 3. The van der Waals surface area contributed by atoms with Gasteiger partial charge in [0.1, 0.15) is 11.9 Å². The summed E-state index contributed by atoms with van der Waals surface area (Å²) in [4.78, 5) is 22.7. The van der Waals surface area contributed by atoms with Crippen molar-refractivity contribution in [2.45, 2.75) is 77.9 Å². The first kappa shape index (κ1) is 16.6. The van der Waals surface area contributed by atoms with E-state index in [0.717, 1.165) is 50.8 Å². The van der Waals surface area contributed by atoms with E-state index in [0.29, 0.717) is 0 Å². The Kier molecular flexibility index (Phi) is 6.10. The first-order chi connectivity index (χ1) is 10.6. The minimum Gasteiger partial charge on any atom is -0.462 e. The molecule has 1 atom stereocenters. The van der Waals surface area contributed by atoms with Crippen LogP contribution in [0.1, 0.15) is 63.8 Å². The molecule has 0 aliphatic heterocycles. The van der Waals surface area contributed by atoms with Gasteiger partial charge in [0.25, 0.3) is 0 Å². The first-order valence-corrected chi connectivity index (χ1v) is 8.20. The van der Waals surface area contributed by atoms with E-state index in [2.05, 4.69) is 17.2 Å². The van der Waals surface area contributed by atoms with Crippen LogP contribution in [0.4, 0.5) is 0 Å². The summed E-state index contributed by atoms with van der Waals surface area (Å²) >= 11 is 0. The topological polar surface area (TPSA) is 74.1 Å². The molecule has 1 aromatic heterocycles. The van der Waals surface area contributed by atoms with E-state index in [1.165, 1.54) is 12.6 Å². The number of aryl methyl sites for hydroxylation is 2. The molecule has 1 heterocycles. The lowest BCUT2D eigenvalue weighted by molar-refractivity contribution is -0.150. The monoisotopic (exact) mass is 307 g/mol. The Balaban J connectivity index is 1.91. The second-order valence-electron chi connectivity index (χ2n) is 5.95. The highest BCUT2D eigenvalue weighted by Gasteiger charge is 2.21. The second kappa shape index (κ2) is 8.06. The predicted octanol–water partition coefficient (Wildman–Crippen LogP) is 2.24. The number of carbonyl (C=O) groups is 2. The zero-order valence-corrected chi connectivity index (χ0v) is 13.5.